The van der Waals surface area contributed by atoms with Crippen molar-refractivity contribution < 1.29 is 19.0 Å². The lowest BCUT2D eigenvalue weighted by molar-refractivity contribution is -0.117. The van der Waals surface area contributed by atoms with Crippen LogP contribution in [0.5, 0.6) is 11.5 Å². The Morgan fingerprint density at radius 2 is 1.75 bits per heavy atom. The number of thiazole rings is 1. The van der Waals surface area contributed by atoms with E-state index < -0.39 is 0 Å². The van der Waals surface area contributed by atoms with Gasteiger partial charge >= 0.3 is 0 Å². The van der Waals surface area contributed by atoms with Crippen molar-refractivity contribution in [2.24, 2.45) is 4.99 Å². The maximum absolute atomic E-state index is 12.6. The van der Waals surface area contributed by atoms with E-state index in [2.05, 4.69) is 4.99 Å². The molecule has 1 amide bonds. The van der Waals surface area contributed by atoms with Gasteiger partial charge in [0.2, 0.25) is 0 Å². The largest absolute Gasteiger partial charge is 0.495 e. The van der Waals surface area contributed by atoms with Crippen LogP contribution in [0, 0.1) is 0 Å². The van der Waals surface area contributed by atoms with Crippen LogP contribution in [-0.2, 0) is 22.5 Å². The van der Waals surface area contributed by atoms with Crippen LogP contribution in [0.4, 0.5) is 0 Å². The molecule has 28 heavy (non-hydrogen) atoms. The smallest absolute Gasteiger partial charge is 0.252 e. The molecule has 0 saturated carbocycles. The van der Waals surface area contributed by atoms with Crippen LogP contribution in [0.1, 0.15) is 5.56 Å². The zero-order chi connectivity index (χ0) is 20.1. The minimum atomic E-state index is -0.238. The van der Waals surface area contributed by atoms with Crippen LogP contribution in [0.25, 0.3) is 10.2 Å². The number of carbonyl (C=O) groups excluding carboxylic acids is 1. The molecule has 8 heteroatoms. The monoisotopic (exact) mass is 420 g/mol. The summed E-state index contributed by atoms with van der Waals surface area (Å²) in [5, 5.41) is 0.634. The van der Waals surface area contributed by atoms with Crippen molar-refractivity contribution in [3.8, 4) is 11.5 Å². The normalized spacial score (nSPS) is 11.8. The van der Waals surface area contributed by atoms with Crippen LogP contribution in [0.3, 0.4) is 0 Å². The predicted molar refractivity (Wildman–Crippen MR) is 111 cm³/mol. The van der Waals surface area contributed by atoms with E-state index in [4.69, 9.17) is 25.8 Å². The van der Waals surface area contributed by atoms with Gasteiger partial charge in [0.25, 0.3) is 5.91 Å². The first-order valence-electron chi connectivity index (χ1n) is 8.62. The highest BCUT2D eigenvalue weighted by Crippen LogP contribution is 2.35. The van der Waals surface area contributed by atoms with Crippen molar-refractivity contribution in [2.45, 2.75) is 13.0 Å². The Bertz CT molecular complexity index is 1040. The average molecular weight is 421 g/mol. The second-order valence-corrected chi connectivity index (χ2v) is 7.40. The Kier molecular flexibility index (Phi) is 6.72. The van der Waals surface area contributed by atoms with Crippen LogP contribution in [-0.4, -0.2) is 38.4 Å². The molecule has 3 aromatic rings. The van der Waals surface area contributed by atoms with E-state index in [1.165, 1.54) is 11.3 Å². The van der Waals surface area contributed by atoms with Gasteiger partial charge in [-0.15, -0.1) is 0 Å². The number of amides is 1. The van der Waals surface area contributed by atoms with E-state index in [0.29, 0.717) is 34.5 Å². The molecule has 148 valence electrons. The SMILES string of the molecule is COCCn1c(=NC(=O)Cc2ccc(Cl)cc2)sc2c(OC)ccc(OC)c21. The molecule has 0 unspecified atom stereocenters. The number of aromatic nitrogens is 1. The summed E-state index contributed by atoms with van der Waals surface area (Å²) in [6.07, 6.45) is 0.198. The second-order valence-electron chi connectivity index (χ2n) is 5.99. The summed E-state index contributed by atoms with van der Waals surface area (Å²) in [4.78, 5) is 17.5. The molecule has 1 aromatic heterocycles. The summed E-state index contributed by atoms with van der Waals surface area (Å²) in [7, 11) is 4.86. The molecule has 0 bridgehead atoms. The second kappa shape index (κ2) is 9.23. The number of fused-ring (bicyclic) bond motifs is 1. The highest BCUT2D eigenvalue weighted by atomic mass is 35.5. The van der Waals surface area contributed by atoms with Gasteiger partial charge in [0.1, 0.15) is 21.7 Å². The first-order chi connectivity index (χ1) is 13.6. The number of hydrogen-bond acceptors (Lipinski definition) is 5. The molecular formula is C20H21ClN2O4S. The van der Waals surface area contributed by atoms with Crippen molar-refractivity contribution in [1.29, 1.82) is 0 Å². The lowest BCUT2D eigenvalue weighted by Crippen LogP contribution is -2.20. The molecule has 0 fully saturated rings. The minimum Gasteiger partial charge on any atom is -0.495 e. The number of nitrogens with zero attached hydrogens (tertiary/aromatic N) is 2. The highest BCUT2D eigenvalue weighted by Gasteiger charge is 2.16. The fourth-order valence-corrected chi connectivity index (χ4v) is 4.16. The van der Waals surface area contributed by atoms with Gasteiger partial charge in [0, 0.05) is 18.7 Å². The van der Waals surface area contributed by atoms with Gasteiger partial charge in [0.05, 0.1) is 27.2 Å². The van der Waals surface area contributed by atoms with E-state index in [1.54, 1.807) is 33.5 Å². The Balaban J connectivity index is 2.08. The fourth-order valence-electron chi connectivity index (χ4n) is 2.85. The first kappa shape index (κ1) is 20.4. The number of methoxy groups -OCH3 is 3. The van der Waals surface area contributed by atoms with E-state index in [0.717, 1.165) is 15.8 Å². The van der Waals surface area contributed by atoms with E-state index >= 15 is 0 Å². The zero-order valence-electron chi connectivity index (χ0n) is 15.9. The zero-order valence-corrected chi connectivity index (χ0v) is 17.5. The summed E-state index contributed by atoms with van der Waals surface area (Å²) >= 11 is 7.29. The number of hydrogen-bond donors (Lipinski definition) is 0. The maximum Gasteiger partial charge on any atom is 0.252 e. The average Bonchev–Trinajstić information content (AvgIpc) is 3.05. The van der Waals surface area contributed by atoms with Crippen LogP contribution in [0.2, 0.25) is 5.02 Å². The molecule has 0 spiro atoms. The summed E-state index contributed by atoms with van der Waals surface area (Å²) < 4.78 is 19.0. The maximum atomic E-state index is 12.6. The van der Waals surface area contributed by atoms with Crippen LogP contribution >= 0.6 is 22.9 Å². The standard InChI is InChI=1S/C20H21ClN2O4S/c1-25-11-10-23-18-15(26-2)8-9-16(27-3)19(18)28-20(23)22-17(24)12-13-4-6-14(21)7-5-13/h4-9H,10-12H2,1-3H3. The summed E-state index contributed by atoms with van der Waals surface area (Å²) in [5.74, 6) is 1.16. The number of benzene rings is 2. The molecule has 1 heterocycles. The van der Waals surface area contributed by atoms with Crippen molar-refractivity contribution in [3.63, 3.8) is 0 Å². The van der Waals surface area contributed by atoms with Gasteiger partial charge in [-0.3, -0.25) is 4.79 Å². The van der Waals surface area contributed by atoms with Gasteiger partial charge in [0.15, 0.2) is 4.80 Å². The lowest BCUT2D eigenvalue weighted by atomic mass is 10.1. The fraction of sp³-hybridized carbons (Fsp3) is 0.300. The van der Waals surface area contributed by atoms with Gasteiger partial charge in [-0.1, -0.05) is 35.1 Å². The molecule has 0 atom stereocenters. The highest BCUT2D eigenvalue weighted by molar-refractivity contribution is 7.16. The Hall–Kier alpha value is -2.35. The number of rotatable bonds is 7. The molecule has 6 nitrogen and oxygen atoms in total. The van der Waals surface area contributed by atoms with Crippen LogP contribution < -0.4 is 14.3 Å². The van der Waals surface area contributed by atoms with E-state index in [9.17, 15) is 4.79 Å². The number of ether oxygens (including phenoxy) is 3. The molecular weight excluding hydrogens is 400 g/mol. The molecule has 2 aromatic carbocycles. The topological polar surface area (TPSA) is 62.1 Å². The number of halogens is 1. The Labute approximate surface area is 171 Å². The van der Waals surface area contributed by atoms with E-state index in [1.807, 2.05) is 28.8 Å². The predicted octanol–water partition coefficient (Wildman–Crippen LogP) is 3.69. The Morgan fingerprint density at radius 3 is 2.39 bits per heavy atom. The van der Waals surface area contributed by atoms with Crippen molar-refractivity contribution in [2.75, 3.05) is 27.9 Å². The summed E-state index contributed by atoms with van der Waals surface area (Å²) in [6, 6.07) is 10.9. The van der Waals surface area contributed by atoms with Gasteiger partial charge in [-0.25, -0.2) is 0 Å². The summed E-state index contributed by atoms with van der Waals surface area (Å²) in [5.41, 5.74) is 1.69. The van der Waals surface area contributed by atoms with Gasteiger partial charge in [-0.05, 0) is 29.8 Å². The van der Waals surface area contributed by atoms with Gasteiger partial charge < -0.3 is 18.8 Å². The van der Waals surface area contributed by atoms with Crippen molar-refractivity contribution in [3.05, 3.63) is 51.8 Å². The molecule has 3 rings (SSSR count). The van der Waals surface area contributed by atoms with Crippen molar-refractivity contribution in [1.82, 2.24) is 4.57 Å². The number of carbonyl (C=O) groups is 1. The molecule has 0 saturated heterocycles. The van der Waals surface area contributed by atoms with Crippen molar-refractivity contribution >= 4 is 39.1 Å². The molecule has 0 aliphatic heterocycles. The van der Waals surface area contributed by atoms with Crippen LogP contribution in [0.15, 0.2) is 41.4 Å². The first-order valence-corrected chi connectivity index (χ1v) is 9.82. The summed E-state index contributed by atoms with van der Waals surface area (Å²) in [6.45, 7) is 1.01. The minimum absolute atomic E-state index is 0.198. The quantitative estimate of drug-likeness (QED) is 0.584. The Morgan fingerprint density at radius 1 is 1.07 bits per heavy atom. The third-order valence-corrected chi connectivity index (χ3v) is 5.55. The van der Waals surface area contributed by atoms with E-state index in [-0.39, 0.29) is 12.3 Å². The molecule has 0 N–H and O–H groups in total. The third-order valence-electron chi connectivity index (χ3n) is 4.20. The van der Waals surface area contributed by atoms with Gasteiger partial charge in [-0.2, -0.15) is 4.99 Å². The lowest BCUT2D eigenvalue weighted by Gasteiger charge is -2.09. The molecule has 0 aliphatic rings. The molecule has 0 radical (unpaired) electrons. The molecule has 0 aliphatic carbocycles. The third kappa shape index (κ3) is 4.38.